The van der Waals surface area contributed by atoms with Crippen LogP contribution in [0.25, 0.3) is 0 Å². The Kier molecular flexibility index (Phi) is 7.26. The largest absolute Gasteiger partial charge is 0.396 e. The summed E-state index contributed by atoms with van der Waals surface area (Å²) >= 11 is 0. The van der Waals surface area contributed by atoms with Gasteiger partial charge in [0.15, 0.2) is 0 Å². The Labute approximate surface area is 89.9 Å². The number of aliphatic hydroxyl groups excluding tert-OH is 1. The van der Waals surface area contributed by atoms with Crippen LogP contribution in [0, 0.1) is 11.3 Å². The van der Waals surface area contributed by atoms with Crippen molar-refractivity contribution >= 4 is 0 Å². The van der Waals surface area contributed by atoms with Crippen molar-refractivity contribution in [2.45, 2.75) is 66.2 Å². The molecule has 86 valence electrons. The first-order valence-corrected chi connectivity index (χ1v) is 6.22. The fourth-order valence-corrected chi connectivity index (χ4v) is 1.96. The molecule has 0 heterocycles. The van der Waals surface area contributed by atoms with Gasteiger partial charge in [-0.25, -0.2) is 0 Å². The monoisotopic (exact) mass is 200 g/mol. The van der Waals surface area contributed by atoms with E-state index in [4.69, 9.17) is 0 Å². The molecule has 0 saturated carbocycles. The smallest absolute Gasteiger partial charge is 0.0484 e. The molecule has 0 amide bonds. The van der Waals surface area contributed by atoms with Crippen LogP contribution in [0.1, 0.15) is 66.2 Å². The van der Waals surface area contributed by atoms with Gasteiger partial charge in [-0.2, -0.15) is 0 Å². The van der Waals surface area contributed by atoms with Gasteiger partial charge in [0.25, 0.3) is 0 Å². The molecular formula is C13H28O. The van der Waals surface area contributed by atoms with Gasteiger partial charge in [-0.05, 0) is 24.2 Å². The van der Waals surface area contributed by atoms with Gasteiger partial charge < -0.3 is 5.11 Å². The van der Waals surface area contributed by atoms with Crippen molar-refractivity contribution < 1.29 is 5.11 Å². The molecule has 0 aliphatic heterocycles. The van der Waals surface area contributed by atoms with Crippen LogP contribution >= 0.6 is 0 Å². The lowest BCUT2D eigenvalue weighted by molar-refractivity contribution is 0.104. The van der Waals surface area contributed by atoms with Crippen LogP contribution < -0.4 is 0 Å². The Morgan fingerprint density at radius 3 is 2.21 bits per heavy atom. The molecule has 2 atom stereocenters. The summed E-state index contributed by atoms with van der Waals surface area (Å²) in [5.74, 6) is 0.812. The Morgan fingerprint density at radius 1 is 1.21 bits per heavy atom. The van der Waals surface area contributed by atoms with Crippen molar-refractivity contribution in [1.82, 2.24) is 0 Å². The highest BCUT2D eigenvalue weighted by Crippen LogP contribution is 2.32. The van der Waals surface area contributed by atoms with E-state index in [1.54, 1.807) is 0 Å². The first-order chi connectivity index (χ1) is 6.61. The zero-order chi connectivity index (χ0) is 11.0. The Bertz CT molecular complexity index is 127. The lowest BCUT2D eigenvalue weighted by Crippen LogP contribution is -2.24. The summed E-state index contributed by atoms with van der Waals surface area (Å²) in [6.45, 7) is 9.25. The van der Waals surface area contributed by atoms with Crippen LogP contribution in [0.5, 0.6) is 0 Å². The van der Waals surface area contributed by atoms with E-state index >= 15 is 0 Å². The standard InChI is InChI=1S/C13H28O/c1-5-8-9-12(6-2)10-13(4,7-3)11-14/h12,14H,5-11H2,1-4H3. The Morgan fingerprint density at radius 2 is 1.86 bits per heavy atom. The molecular weight excluding hydrogens is 172 g/mol. The zero-order valence-electron chi connectivity index (χ0n) is 10.5. The van der Waals surface area contributed by atoms with Gasteiger partial charge in [-0.15, -0.1) is 0 Å². The van der Waals surface area contributed by atoms with Gasteiger partial charge >= 0.3 is 0 Å². The Hall–Kier alpha value is -0.0400. The summed E-state index contributed by atoms with van der Waals surface area (Å²) in [6.07, 6.45) is 7.50. The number of hydrogen-bond acceptors (Lipinski definition) is 1. The van der Waals surface area contributed by atoms with E-state index in [2.05, 4.69) is 27.7 Å². The maximum absolute atomic E-state index is 9.36. The van der Waals surface area contributed by atoms with Gasteiger partial charge in [0.1, 0.15) is 0 Å². The average Bonchev–Trinajstić information content (AvgIpc) is 2.23. The van der Waals surface area contributed by atoms with E-state index in [9.17, 15) is 5.11 Å². The van der Waals surface area contributed by atoms with Gasteiger partial charge in [0, 0.05) is 6.61 Å². The van der Waals surface area contributed by atoms with Crippen molar-refractivity contribution in [3.63, 3.8) is 0 Å². The summed E-state index contributed by atoms with van der Waals surface area (Å²) in [5.41, 5.74) is 0.161. The number of rotatable bonds is 8. The molecule has 1 N–H and O–H groups in total. The van der Waals surface area contributed by atoms with Crippen LogP contribution in [0.4, 0.5) is 0 Å². The molecule has 0 radical (unpaired) electrons. The number of unbranched alkanes of at least 4 members (excludes halogenated alkanes) is 1. The number of hydrogen-bond donors (Lipinski definition) is 1. The van der Waals surface area contributed by atoms with Gasteiger partial charge in [-0.3, -0.25) is 0 Å². The molecule has 14 heavy (non-hydrogen) atoms. The van der Waals surface area contributed by atoms with Crippen LogP contribution in [0.3, 0.4) is 0 Å². The van der Waals surface area contributed by atoms with E-state index < -0.39 is 0 Å². The van der Waals surface area contributed by atoms with E-state index in [1.807, 2.05) is 0 Å². The molecule has 0 bridgehead atoms. The first kappa shape index (κ1) is 14.0. The van der Waals surface area contributed by atoms with E-state index in [1.165, 1.54) is 32.1 Å². The molecule has 0 saturated heterocycles. The predicted molar refractivity (Wildman–Crippen MR) is 63.4 cm³/mol. The summed E-state index contributed by atoms with van der Waals surface area (Å²) in [4.78, 5) is 0. The normalized spacial score (nSPS) is 17.8. The fraction of sp³-hybridized carbons (Fsp3) is 1.00. The second-order valence-electron chi connectivity index (χ2n) is 4.94. The van der Waals surface area contributed by atoms with Crippen LogP contribution in [0.15, 0.2) is 0 Å². The molecule has 0 fully saturated rings. The van der Waals surface area contributed by atoms with E-state index in [-0.39, 0.29) is 5.41 Å². The first-order valence-electron chi connectivity index (χ1n) is 6.22. The number of aliphatic hydroxyl groups is 1. The lowest BCUT2D eigenvalue weighted by atomic mass is 9.77. The topological polar surface area (TPSA) is 20.2 Å². The van der Waals surface area contributed by atoms with Crippen molar-refractivity contribution in [1.29, 1.82) is 0 Å². The molecule has 0 aromatic rings. The molecule has 0 aromatic heterocycles. The molecule has 1 heteroatoms. The molecule has 2 unspecified atom stereocenters. The molecule has 0 aliphatic rings. The van der Waals surface area contributed by atoms with Gasteiger partial charge in [-0.1, -0.05) is 53.4 Å². The Balaban J connectivity index is 4.00. The zero-order valence-corrected chi connectivity index (χ0v) is 10.5. The molecule has 0 aromatic carbocycles. The fourth-order valence-electron chi connectivity index (χ4n) is 1.96. The third-order valence-electron chi connectivity index (χ3n) is 3.56. The predicted octanol–water partition coefficient (Wildman–Crippen LogP) is 4.00. The van der Waals surface area contributed by atoms with E-state index in [0.717, 1.165) is 12.3 Å². The van der Waals surface area contributed by atoms with Crippen molar-refractivity contribution in [2.24, 2.45) is 11.3 Å². The SMILES string of the molecule is CCCCC(CC)CC(C)(CC)CO. The highest BCUT2D eigenvalue weighted by molar-refractivity contribution is 4.75. The van der Waals surface area contributed by atoms with Crippen LogP contribution in [0.2, 0.25) is 0 Å². The maximum Gasteiger partial charge on any atom is 0.0484 e. The third-order valence-corrected chi connectivity index (χ3v) is 3.56. The minimum absolute atomic E-state index is 0.161. The molecule has 0 aliphatic carbocycles. The third kappa shape index (κ3) is 4.99. The van der Waals surface area contributed by atoms with Crippen molar-refractivity contribution in [3.8, 4) is 0 Å². The van der Waals surface area contributed by atoms with Crippen LogP contribution in [-0.2, 0) is 0 Å². The van der Waals surface area contributed by atoms with Gasteiger partial charge in [0.2, 0.25) is 0 Å². The lowest BCUT2D eigenvalue weighted by Gasteiger charge is -2.30. The average molecular weight is 200 g/mol. The van der Waals surface area contributed by atoms with Gasteiger partial charge in [0.05, 0.1) is 0 Å². The van der Waals surface area contributed by atoms with Crippen molar-refractivity contribution in [2.75, 3.05) is 6.61 Å². The van der Waals surface area contributed by atoms with Crippen molar-refractivity contribution in [3.05, 3.63) is 0 Å². The molecule has 0 rings (SSSR count). The summed E-state index contributed by atoms with van der Waals surface area (Å²) in [7, 11) is 0. The highest BCUT2D eigenvalue weighted by atomic mass is 16.3. The highest BCUT2D eigenvalue weighted by Gasteiger charge is 2.24. The second kappa shape index (κ2) is 7.28. The minimum Gasteiger partial charge on any atom is -0.396 e. The summed E-state index contributed by atoms with van der Waals surface area (Å²) in [6, 6.07) is 0. The summed E-state index contributed by atoms with van der Waals surface area (Å²) < 4.78 is 0. The van der Waals surface area contributed by atoms with Crippen LogP contribution in [-0.4, -0.2) is 11.7 Å². The van der Waals surface area contributed by atoms with E-state index in [0.29, 0.717) is 6.61 Å². The molecule has 0 spiro atoms. The minimum atomic E-state index is 0.161. The molecule has 1 nitrogen and oxygen atoms in total. The quantitative estimate of drug-likeness (QED) is 0.628. The second-order valence-corrected chi connectivity index (χ2v) is 4.94. The maximum atomic E-state index is 9.36. The summed E-state index contributed by atoms with van der Waals surface area (Å²) in [5, 5.41) is 9.36.